The van der Waals surface area contributed by atoms with Gasteiger partial charge >= 0.3 is 0 Å². The summed E-state index contributed by atoms with van der Waals surface area (Å²) in [4.78, 5) is 0. The molecule has 0 aromatic rings. The second kappa shape index (κ2) is 65.9. The van der Waals surface area contributed by atoms with Crippen LogP contribution in [0, 0.1) is 79.3 Å². The second-order valence-corrected chi connectivity index (χ2v) is 43.6. The fourth-order valence-corrected chi connectivity index (χ4v) is 21.0. The lowest BCUT2D eigenvalue weighted by Gasteiger charge is -2.46. The minimum atomic E-state index is -0.172. The van der Waals surface area contributed by atoms with Gasteiger partial charge in [0.2, 0.25) is 0 Å². The molecule has 0 unspecified atom stereocenters. The summed E-state index contributed by atoms with van der Waals surface area (Å²) in [5.74, 6) is 4.42. The van der Waals surface area contributed by atoms with Gasteiger partial charge in [-0.25, -0.2) is 0 Å². The molecular formula is C108H216O18. The summed E-state index contributed by atoms with van der Waals surface area (Å²) in [5, 5.41) is 0. The molecule has 0 radical (unpaired) electrons. The number of hydrogen-bond acceptors (Lipinski definition) is 18. The average molecular weight is 1800 g/mol. The Morgan fingerprint density at radius 3 is 0.643 bits per heavy atom. The minimum Gasteiger partial charge on any atom is -0.384 e. The van der Waals surface area contributed by atoms with Gasteiger partial charge < -0.3 is 85.3 Å². The first-order valence-corrected chi connectivity index (χ1v) is 51.6. The molecular weight excluding hydrogens is 1590 g/mol. The van der Waals surface area contributed by atoms with Gasteiger partial charge in [-0.15, -0.1) is 0 Å². The van der Waals surface area contributed by atoms with E-state index in [9.17, 15) is 0 Å². The molecule has 126 heavy (non-hydrogen) atoms. The molecule has 0 aromatic carbocycles. The molecule has 0 N–H and O–H groups in total. The summed E-state index contributed by atoms with van der Waals surface area (Å²) >= 11 is 0. The molecule has 0 heterocycles. The molecule has 6 aliphatic carbocycles. The molecule has 0 saturated heterocycles. The van der Waals surface area contributed by atoms with E-state index in [2.05, 4.69) is 138 Å². The highest BCUT2D eigenvalue weighted by Crippen LogP contribution is 2.48. The Balaban J connectivity index is 0.000000756. The van der Waals surface area contributed by atoms with Crippen LogP contribution in [0.25, 0.3) is 0 Å². The van der Waals surface area contributed by atoms with Crippen LogP contribution in [0.1, 0.15) is 382 Å². The van der Waals surface area contributed by atoms with Crippen molar-refractivity contribution in [3.8, 4) is 0 Å². The molecule has 0 amide bonds. The van der Waals surface area contributed by atoms with Gasteiger partial charge in [-0.05, 0) is 224 Å². The fraction of sp³-hybridized carbons (Fsp3) is 1.00. The number of rotatable bonds is 57. The van der Waals surface area contributed by atoms with Crippen molar-refractivity contribution in [2.45, 2.75) is 417 Å². The molecule has 6 aliphatic rings. The fourth-order valence-electron chi connectivity index (χ4n) is 21.0. The van der Waals surface area contributed by atoms with E-state index in [4.69, 9.17) is 85.3 Å². The zero-order chi connectivity index (χ0) is 94.9. The normalized spacial score (nSPS) is 18.2. The topological polar surface area (TPSA) is 166 Å². The number of ether oxygens (including phenoxy) is 18. The summed E-state index contributed by atoms with van der Waals surface area (Å²) in [7, 11) is 21.6. The van der Waals surface area contributed by atoms with E-state index in [0.717, 1.165) is 150 Å². The van der Waals surface area contributed by atoms with Crippen molar-refractivity contribution in [2.75, 3.05) is 204 Å². The predicted molar refractivity (Wildman–Crippen MR) is 526 cm³/mol. The summed E-state index contributed by atoms with van der Waals surface area (Å²) in [6.45, 7) is 57.3. The minimum absolute atomic E-state index is 0.00389. The van der Waals surface area contributed by atoms with Crippen molar-refractivity contribution in [1.29, 1.82) is 0 Å². The zero-order valence-electron chi connectivity index (χ0n) is 89.6. The van der Waals surface area contributed by atoms with Crippen LogP contribution in [0.3, 0.4) is 0 Å². The van der Waals surface area contributed by atoms with Gasteiger partial charge in [0.1, 0.15) is 0 Å². The standard InChI is InChI=1S/2C19H38O3.2C18H36O3.2C17H34O3/c1-17(2,3)18(4,5)22-15-19(13-20-6,14-21-7)16-11-9-8-10-12-16;1-6-19(7-2,8-3)22-16-18(14-20-4,15-21-5)17-12-10-9-11-13-17;1-15(2)17(3,4)21-14-18(12-19-5,13-20-6)16-10-8-7-9-11-16;1-6-17(3,7-2)21-15-18(13-19-4,14-20-5)16-11-9-8-10-12-16;1-6-16(2,3)20-14-17(12-18-4,13-19-5)15-10-8-7-9-11-15;1-5-16(6-2)20-14-17(12-18-3,13-19-4)15-10-8-7-9-11-15/h16H,8-15H2,1-7H3;17H,6-16H2,1-5H3;15-16H,7-14H2,1-6H3;16H,6-15H2,1-5H3;15H,6-14H2,1-5H3;15-16H,5-14H2,1-4H3. The number of methoxy groups -OCH3 is 12. The molecule has 0 bridgehead atoms. The highest BCUT2D eigenvalue weighted by atomic mass is 16.5. The van der Waals surface area contributed by atoms with Crippen LogP contribution in [0.5, 0.6) is 0 Å². The van der Waals surface area contributed by atoms with Crippen LogP contribution in [0.2, 0.25) is 0 Å². The first kappa shape index (κ1) is 123. The van der Waals surface area contributed by atoms with Gasteiger partial charge in [-0.1, -0.05) is 206 Å². The van der Waals surface area contributed by atoms with E-state index in [0.29, 0.717) is 67.3 Å². The van der Waals surface area contributed by atoms with E-state index in [1.165, 1.54) is 193 Å². The molecule has 756 valence electrons. The van der Waals surface area contributed by atoms with Crippen LogP contribution >= 0.6 is 0 Å². The SMILES string of the molecule is CCC(C)(C)OCC(COC)(COC)C1CCCCC1.CCC(C)(CC)OCC(COC)(COC)C1CCCCC1.CCC(CC)(CC)OCC(COC)(COC)C1CCCCC1.CCC(CC)OCC(COC)(COC)C1CCCCC1.COCC(COC)(COC(C)(C)C(C)(C)C)C1CCCCC1.COCC(COC)(COC(C)(C)C(C)C)C1CCCCC1. The van der Waals surface area contributed by atoms with Crippen molar-refractivity contribution >= 4 is 0 Å². The van der Waals surface area contributed by atoms with Crippen LogP contribution in [-0.4, -0.2) is 238 Å². The molecule has 6 saturated carbocycles. The smallest absolute Gasteiger partial charge is 0.0675 e. The van der Waals surface area contributed by atoms with Crippen LogP contribution in [-0.2, 0) is 85.3 Å². The third-order valence-corrected chi connectivity index (χ3v) is 32.6. The van der Waals surface area contributed by atoms with E-state index < -0.39 is 0 Å². The summed E-state index contributed by atoms with van der Waals surface area (Å²) < 4.78 is 105. The summed E-state index contributed by atoms with van der Waals surface area (Å²) in [5.41, 5.74) is -0.221. The molecule has 18 heteroatoms. The van der Waals surface area contributed by atoms with Gasteiger partial charge in [0.15, 0.2) is 0 Å². The Bertz CT molecular complexity index is 2380. The van der Waals surface area contributed by atoms with E-state index in [1.54, 1.807) is 85.3 Å². The van der Waals surface area contributed by atoms with Crippen molar-refractivity contribution in [3.63, 3.8) is 0 Å². The maximum atomic E-state index is 6.54. The van der Waals surface area contributed by atoms with Crippen LogP contribution < -0.4 is 0 Å². The number of hydrogen-bond donors (Lipinski definition) is 0. The lowest BCUT2D eigenvalue weighted by molar-refractivity contribution is -0.160. The van der Waals surface area contributed by atoms with Gasteiger partial charge in [0.25, 0.3) is 0 Å². The van der Waals surface area contributed by atoms with Crippen LogP contribution in [0.15, 0.2) is 0 Å². The molecule has 0 aliphatic heterocycles. The van der Waals surface area contributed by atoms with E-state index in [-0.39, 0.29) is 65.9 Å². The van der Waals surface area contributed by atoms with Crippen molar-refractivity contribution in [2.24, 2.45) is 79.3 Å². The van der Waals surface area contributed by atoms with Crippen molar-refractivity contribution < 1.29 is 85.3 Å². The average Bonchev–Trinajstić information content (AvgIpc) is 0.789. The van der Waals surface area contributed by atoms with Gasteiger partial charge in [-0.3, -0.25) is 0 Å². The predicted octanol–water partition coefficient (Wildman–Crippen LogP) is 26.4. The molecule has 6 rings (SSSR count). The zero-order valence-corrected chi connectivity index (χ0v) is 89.6. The Morgan fingerprint density at radius 1 is 0.230 bits per heavy atom. The van der Waals surface area contributed by atoms with Gasteiger partial charge in [0, 0.05) is 118 Å². The highest BCUT2D eigenvalue weighted by molar-refractivity contribution is 4.97. The monoisotopic (exact) mass is 1800 g/mol. The molecule has 18 nitrogen and oxygen atoms in total. The largest absolute Gasteiger partial charge is 0.384 e. The van der Waals surface area contributed by atoms with E-state index >= 15 is 0 Å². The van der Waals surface area contributed by atoms with E-state index in [1.807, 2.05) is 0 Å². The third-order valence-electron chi connectivity index (χ3n) is 32.6. The second-order valence-electron chi connectivity index (χ2n) is 43.6. The Labute approximate surface area is 781 Å². The maximum absolute atomic E-state index is 6.54. The van der Waals surface area contributed by atoms with Gasteiger partial charge in [-0.2, -0.15) is 0 Å². The Kier molecular flexibility index (Phi) is 64.5. The Hall–Kier alpha value is -0.720. The lowest BCUT2D eigenvalue weighted by atomic mass is 9.69. The maximum Gasteiger partial charge on any atom is 0.0675 e. The third kappa shape index (κ3) is 42.1. The first-order chi connectivity index (χ1) is 59.9. The molecule has 6 fully saturated rings. The van der Waals surface area contributed by atoms with Crippen molar-refractivity contribution in [3.05, 3.63) is 0 Å². The molecule has 0 aromatic heterocycles. The molecule has 0 spiro atoms. The first-order valence-electron chi connectivity index (χ1n) is 51.6. The van der Waals surface area contributed by atoms with Gasteiger partial charge in [0.05, 0.1) is 153 Å². The quantitative estimate of drug-likeness (QED) is 0.0564. The Morgan fingerprint density at radius 2 is 0.444 bits per heavy atom. The molecule has 0 atom stereocenters. The summed E-state index contributed by atoms with van der Waals surface area (Å²) in [6, 6.07) is 0. The highest BCUT2D eigenvalue weighted by Gasteiger charge is 2.49. The van der Waals surface area contributed by atoms with Crippen LogP contribution in [0.4, 0.5) is 0 Å². The lowest BCUT2D eigenvalue weighted by Crippen LogP contribution is -2.49. The van der Waals surface area contributed by atoms with Crippen molar-refractivity contribution in [1.82, 2.24) is 0 Å². The summed E-state index contributed by atoms with van der Waals surface area (Å²) in [6.07, 6.45) is 48.4.